The van der Waals surface area contributed by atoms with Crippen LogP contribution in [0.15, 0.2) is 42.6 Å². The molecule has 1 aromatic heterocycles. The predicted molar refractivity (Wildman–Crippen MR) is 122 cm³/mol. The number of carbonyl (C=O) groups excluding carboxylic acids is 2. The molecule has 0 saturated carbocycles. The van der Waals surface area contributed by atoms with Crippen molar-refractivity contribution in [3.05, 3.63) is 59.3 Å². The Morgan fingerprint density at radius 3 is 2.17 bits per heavy atom. The third-order valence-corrected chi connectivity index (χ3v) is 5.04. The molecule has 0 saturated heterocycles. The van der Waals surface area contributed by atoms with Crippen molar-refractivity contribution in [2.75, 3.05) is 24.5 Å². The lowest BCUT2D eigenvalue weighted by Gasteiger charge is -2.19. The Kier molecular flexibility index (Phi) is 8.39. The van der Waals surface area contributed by atoms with Gasteiger partial charge in [-0.15, -0.1) is 0 Å². The van der Waals surface area contributed by atoms with E-state index < -0.39 is 0 Å². The zero-order valence-corrected chi connectivity index (χ0v) is 18.8. The van der Waals surface area contributed by atoms with Crippen molar-refractivity contribution in [2.24, 2.45) is 0 Å². The van der Waals surface area contributed by atoms with Gasteiger partial charge in [-0.2, -0.15) is 0 Å². The summed E-state index contributed by atoms with van der Waals surface area (Å²) >= 11 is 0. The average Bonchev–Trinajstić information content (AvgIpc) is 2.73. The Labute approximate surface area is 180 Å². The molecule has 0 fully saturated rings. The third-order valence-electron chi connectivity index (χ3n) is 5.04. The van der Waals surface area contributed by atoms with Crippen molar-refractivity contribution < 1.29 is 9.59 Å². The molecule has 30 heavy (non-hydrogen) atoms. The summed E-state index contributed by atoms with van der Waals surface area (Å²) in [6, 6.07) is 11.5. The standard InChI is InChI=1S/C24H34N4O2/c1-6-28(7-2)21-13-8-18(16-26-21)17-27-22(29)14-15-25-23(30)19-9-11-20(12-10-19)24(3,4)5/h8-13,16H,6-7,14-15,17H2,1-5H3,(H,25,30)(H,27,29). The quantitative estimate of drug-likeness (QED) is 0.662. The zero-order valence-electron chi connectivity index (χ0n) is 18.8. The normalized spacial score (nSPS) is 11.1. The van der Waals surface area contributed by atoms with E-state index in [0.717, 1.165) is 24.5 Å². The van der Waals surface area contributed by atoms with Gasteiger partial charge in [-0.3, -0.25) is 9.59 Å². The number of nitrogens with zero attached hydrogens (tertiary/aromatic N) is 2. The van der Waals surface area contributed by atoms with Gasteiger partial charge in [-0.05, 0) is 48.6 Å². The van der Waals surface area contributed by atoms with Gasteiger partial charge in [0.25, 0.3) is 5.91 Å². The highest BCUT2D eigenvalue weighted by Gasteiger charge is 2.14. The number of carbonyl (C=O) groups is 2. The van der Waals surface area contributed by atoms with Crippen molar-refractivity contribution in [2.45, 2.75) is 53.0 Å². The lowest BCUT2D eigenvalue weighted by atomic mass is 9.87. The summed E-state index contributed by atoms with van der Waals surface area (Å²) in [6.07, 6.45) is 2.02. The Morgan fingerprint density at radius 2 is 1.63 bits per heavy atom. The first kappa shape index (κ1) is 23.4. The maximum atomic E-state index is 12.2. The van der Waals surface area contributed by atoms with Crippen LogP contribution >= 0.6 is 0 Å². The Hall–Kier alpha value is -2.89. The van der Waals surface area contributed by atoms with Crippen molar-refractivity contribution in [3.8, 4) is 0 Å². The maximum absolute atomic E-state index is 12.2. The fourth-order valence-electron chi connectivity index (χ4n) is 3.06. The van der Waals surface area contributed by atoms with Crippen LogP contribution in [-0.4, -0.2) is 36.4 Å². The van der Waals surface area contributed by atoms with E-state index in [4.69, 9.17) is 0 Å². The van der Waals surface area contributed by atoms with Crippen molar-refractivity contribution >= 4 is 17.6 Å². The second-order valence-electron chi connectivity index (χ2n) is 8.31. The molecule has 162 valence electrons. The minimum Gasteiger partial charge on any atom is -0.357 e. The molecular formula is C24H34N4O2. The van der Waals surface area contributed by atoms with Crippen LogP contribution in [0.4, 0.5) is 5.82 Å². The van der Waals surface area contributed by atoms with Gasteiger partial charge in [0.05, 0.1) is 0 Å². The average molecular weight is 411 g/mol. The van der Waals surface area contributed by atoms with Gasteiger partial charge in [-0.1, -0.05) is 39.0 Å². The van der Waals surface area contributed by atoms with E-state index in [2.05, 4.69) is 55.1 Å². The Balaban J connectivity index is 1.74. The number of pyridine rings is 1. The summed E-state index contributed by atoms with van der Waals surface area (Å²) in [6.45, 7) is 13.1. The monoisotopic (exact) mass is 410 g/mol. The minimum atomic E-state index is -0.167. The highest BCUT2D eigenvalue weighted by Crippen LogP contribution is 2.22. The van der Waals surface area contributed by atoms with E-state index in [1.54, 1.807) is 6.20 Å². The summed E-state index contributed by atoms with van der Waals surface area (Å²) in [5, 5.41) is 5.67. The molecule has 2 N–H and O–H groups in total. The molecule has 6 heteroatoms. The van der Waals surface area contributed by atoms with Crippen LogP contribution in [-0.2, 0) is 16.8 Å². The predicted octanol–water partition coefficient (Wildman–Crippen LogP) is 3.66. The van der Waals surface area contributed by atoms with E-state index in [9.17, 15) is 9.59 Å². The van der Waals surface area contributed by atoms with Gasteiger partial charge in [-0.25, -0.2) is 4.98 Å². The molecule has 6 nitrogen and oxygen atoms in total. The van der Waals surface area contributed by atoms with Crippen LogP contribution in [0, 0.1) is 0 Å². The fourth-order valence-corrected chi connectivity index (χ4v) is 3.06. The highest BCUT2D eigenvalue weighted by molar-refractivity contribution is 5.94. The summed E-state index contributed by atoms with van der Waals surface area (Å²) in [5.41, 5.74) is 2.77. The second kappa shape index (κ2) is 10.8. The first-order valence-electron chi connectivity index (χ1n) is 10.6. The number of aromatic nitrogens is 1. The number of benzene rings is 1. The van der Waals surface area contributed by atoms with Gasteiger partial charge in [0.2, 0.25) is 5.91 Å². The number of hydrogen-bond donors (Lipinski definition) is 2. The Bertz CT molecular complexity index is 820. The smallest absolute Gasteiger partial charge is 0.251 e. The van der Waals surface area contributed by atoms with Crippen LogP contribution in [0.1, 0.15) is 62.5 Å². The maximum Gasteiger partial charge on any atom is 0.251 e. The van der Waals surface area contributed by atoms with Crippen molar-refractivity contribution in [1.29, 1.82) is 0 Å². The number of amides is 2. The van der Waals surface area contributed by atoms with Crippen LogP contribution < -0.4 is 15.5 Å². The van der Waals surface area contributed by atoms with Gasteiger partial charge < -0.3 is 15.5 Å². The van der Waals surface area contributed by atoms with Gasteiger partial charge >= 0.3 is 0 Å². The molecule has 0 aliphatic carbocycles. The summed E-state index contributed by atoms with van der Waals surface area (Å²) < 4.78 is 0. The van der Waals surface area contributed by atoms with Crippen molar-refractivity contribution in [3.63, 3.8) is 0 Å². The van der Waals surface area contributed by atoms with E-state index in [-0.39, 0.29) is 23.7 Å². The molecule has 0 aliphatic heterocycles. The lowest BCUT2D eigenvalue weighted by Crippen LogP contribution is -2.30. The van der Waals surface area contributed by atoms with E-state index >= 15 is 0 Å². The molecule has 0 aliphatic rings. The Morgan fingerprint density at radius 1 is 0.967 bits per heavy atom. The molecular weight excluding hydrogens is 376 g/mol. The van der Waals surface area contributed by atoms with Crippen LogP contribution in [0.2, 0.25) is 0 Å². The largest absolute Gasteiger partial charge is 0.357 e. The number of rotatable bonds is 9. The molecule has 2 rings (SSSR count). The summed E-state index contributed by atoms with van der Waals surface area (Å²) in [4.78, 5) is 30.9. The first-order chi connectivity index (χ1) is 14.2. The van der Waals surface area contributed by atoms with Gasteiger partial charge in [0.1, 0.15) is 5.82 Å². The zero-order chi connectivity index (χ0) is 22.1. The highest BCUT2D eigenvalue weighted by atomic mass is 16.2. The number of anilines is 1. The third kappa shape index (κ3) is 6.87. The number of nitrogens with one attached hydrogen (secondary N) is 2. The summed E-state index contributed by atoms with van der Waals surface area (Å²) in [7, 11) is 0. The SMILES string of the molecule is CCN(CC)c1ccc(CNC(=O)CCNC(=O)c2ccc(C(C)(C)C)cc2)cn1. The van der Waals surface area contributed by atoms with E-state index in [1.807, 2.05) is 36.4 Å². The molecule has 2 amide bonds. The topological polar surface area (TPSA) is 74.3 Å². The summed E-state index contributed by atoms with van der Waals surface area (Å²) in [5.74, 6) is 0.666. The molecule has 1 heterocycles. The van der Waals surface area contributed by atoms with Crippen LogP contribution in [0.3, 0.4) is 0 Å². The lowest BCUT2D eigenvalue weighted by molar-refractivity contribution is -0.121. The van der Waals surface area contributed by atoms with E-state index in [0.29, 0.717) is 18.7 Å². The second-order valence-corrected chi connectivity index (χ2v) is 8.31. The molecule has 0 unspecified atom stereocenters. The molecule has 0 atom stereocenters. The van der Waals surface area contributed by atoms with Crippen LogP contribution in [0.5, 0.6) is 0 Å². The minimum absolute atomic E-state index is 0.0499. The molecule has 0 radical (unpaired) electrons. The van der Waals surface area contributed by atoms with E-state index in [1.165, 1.54) is 5.56 Å². The fraction of sp³-hybridized carbons (Fsp3) is 0.458. The van der Waals surface area contributed by atoms with Crippen LogP contribution in [0.25, 0.3) is 0 Å². The van der Waals surface area contributed by atoms with Gasteiger partial charge in [0, 0.05) is 44.4 Å². The molecule has 2 aromatic rings. The molecule has 1 aromatic carbocycles. The molecule has 0 bridgehead atoms. The molecule has 0 spiro atoms. The van der Waals surface area contributed by atoms with Crippen molar-refractivity contribution in [1.82, 2.24) is 15.6 Å². The van der Waals surface area contributed by atoms with Gasteiger partial charge in [0.15, 0.2) is 0 Å². The first-order valence-corrected chi connectivity index (χ1v) is 10.6. The number of hydrogen-bond acceptors (Lipinski definition) is 4.